The molecule has 0 saturated carbocycles. The number of carbonyl (C=O) groups excluding carboxylic acids is 4. The van der Waals surface area contributed by atoms with Gasteiger partial charge in [0.2, 0.25) is 0 Å². The van der Waals surface area contributed by atoms with Crippen LogP contribution < -0.4 is 0 Å². The van der Waals surface area contributed by atoms with Gasteiger partial charge in [-0.1, -0.05) is 272 Å². The zero-order valence-corrected chi connectivity index (χ0v) is 55.1. The summed E-state index contributed by atoms with van der Waals surface area (Å²) in [4.78, 5) is 72.0. The highest BCUT2D eigenvalue weighted by Crippen LogP contribution is 2.45. The second-order valence-electron chi connectivity index (χ2n) is 23.6. The van der Waals surface area contributed by atoms with E-state index in [-0.39, 0.29) is 25.7 Å². The summed E-state index contributed by atoms with van der Waals surface area (Å²) in [6.45, 7) is 7.16. The van der Waals surface area contributed by atoms with Crippen molar-refractivity contribution < 1.29 is 80.2 Å². The smallest absolute Gasteiger partial charge is 0.462 e. The molecule has 0 aromatic carbocycles. The molecule has 0 amide bonds. The Hall–Kier alpha value is -1.94. The lowest BCUT2D eigenvalue weighted by Gasteiger charge is -2.21. The Morgan fingerprint density at radius 2 is 0.554 bits per heavy atom. The minimum atomic E-state index is -4.94. The van der Waals surface area contributed by atoms with Crippen LogP contribution >= 0.6 is 15.6 Å². The molecule has 0 rings (SSSR count). The number of hydrogen-bond acceptors (Lipinski definition) is 15. The lowest BCUT2D eigenvalue weighted by atomic mass is 10.0. The number of phosphoric ester groups is 2. The van der Waals surface area contributed by atoms with E-state index in [1.807, 2.05) is 0 Å². The summed E-state index contributed by atoms with van der Waals surface area (Å²) in [6.07, 6.45) is 41.8. The predicted molar refractivity (Wildman–Crippen MR) is 331 cm³/mol. The van der Waals surface area contributed by atoms with Crippen molar-refractivity contribution in [3.05, 3.63) is 0 Å². The fourth-order valence-corrected chi connectivity index (χ4v) is 11.2. The van der Waals surface area contributed by atoms with Crippen molar-refractivity contribution in [2.75, 3.05) is 39.6 Å². The molecule has 0 fully saturated rings. The Kier molecular flexibility index (Phi) is 56.4. The third kappa shape index (κ3) is 58.8. The highest BCUT2D eigenvalue weighted by molar-refractivity contribution is 7.47. The van der Waals surface area contributed by atoms with E-state index in [2.05, 4.69) is 34.6 Å². The van der Waals surface area contributed by atoms with E-state index in [9.17, 15) is 43.2 Å². The lowest BCUT2D eigenvalue weighted by molar-refractivity contribution is -0.161. The molecule has 0 aliphatic carbocycles. The maximum absolute atomic E-state index is 13.0. The van der Waals surface area contributed by atoms with E-state index in [1.54, 1.807) is 0 Å². The van der Waals surface area contributed by atoms with Crippen molar-refractivity contribution in [1.29, 1.82) is 0 Å². The van der Waals surface area contributed by atoms with E-state index < -0.39 is 97.5 Å². The molecule has 19 heteroatoms. The molecule has 0 bridgehead atoms. The van der Waals surface area contributed by atoms with Gasteiger partial charge >= 0.3 is 39.5 Å². The molecule has 83 heavy (non-hydrogen) atoms. The molecule has 3 N–H and O–H groups in total. The van der Waals surface area contributed by atoms with Gasteiger partial charge in [0.25, 0.3) is 0 Å². The summed E-state index contributed by atoms with van der Waals surface area (Å²) in [7, 11) is -9.88. The normalized spacial score (nSPS) is 14.2. The van der Waals surface area contributed by atoms with E-state index >= 15 is 0 Å². The van der Waals surface area contributed by atoms with Gasteiger partial charge in [-0.2, -0.15) is 0 Å². The molecule has 0 aliphatic rings. The molecule has 0 radical (unpaired) electrons. The molecular formula is C64H124O17P2. The van der Waals surface area contributed by atoms with Crippen LogP contribution in [-0.4, -0.2) is 96.7 Å². The Morgan fingerprint density at radius 3 is 0.819 bits per heavy atom. The number of aliphatic hydroxyl groups is 1. The van der Waals surface area contributed by atoms with Crippen LogP contribution in [0.15, 0.2) is 0 Å². The first-order valence-corrected chi connectivity index (χ1v) is 36.6. The number of ether oxygens (including phenoxy) is 4. The van der Waals surface area contributed by atoms with Gasteiger partial charge in [0.05, 0.1) is 26.4 Å². The molecule has 0 aromatic heterocycles. The molecule has 0 spiro atoms. The Labute approximate surface area is 505 Å². The van der Waals surface area contributed by atoms with Gasteiger partial charge in [0.1, 0.15) is 19.3 Å². The average molecular weight is 1230 g/mol. The fraction of sp³-hybridized carbons (Fsp3) is 0.938. The van der Waals surface area contributed by atoms with Gasteiger partial charge in [-0.3, -0.25) is 37.3 Å². The number of esters is 4. The highest BCUT2D eigenvalue weighted by Gasteiger charge is 2.30. The van der Waals surface area contributed by atoms with Crippen LogP contribution in [0.2, 0.25) is 0 Å². The first-order chi connectivity index (χ1) is 40.0. The Morgan fingerprint density at radius 1 is 0.325 bits per heavy atom. The zero-order chi connectivity index (χ0) is 61.3. The van der Waals surface area contributed by atoms with Crippen LogP contribution in [0, 0.1) is 5.92 Å². The standard InChI is InChI=1S/C64H124O17P2/c1-6-9-12-15-18-21-29-34-38-43-48-62(67)75-54-60(81-64(69)50-45-40-35-30-27-25-23-22-24-26-28-31-36-41-46-57(4)5)56-79-83(72,73)77-52-58(65)51-76-82(70,71)78-55-59(80-63(68)49-44-39-33-20-17-14-11-8-3)53-74-61(66)47-42-37-32-19-16-13-10-7-2/h57-60,65H,6-56H2,1-5H3,(H,70,71)(H,72,73)/t58-,59+,60+/m0/s1. The Balaban J connectivity index is 5.17. The quantitative estimate of drug-likeness (QED) is 0.0222. The summed E-state index contributed by atoms with van der Waals surface area (Å²) in [5.41, 5.74) is 0. The van der Waals surface area contributed by atoms with Gasteiger partial charge in [0, 0.05) is 25.7 Å². The van der Waals surface area contributed by atoms with Crippen LogP contribution in [0.4, 0.5) is 0 Å². The summed E-state index contributed by atoms with van der Waals surface area (Å²) in [5.74, 6) is -1.34. The zero-order valence-electron chi connectivity index (χ0n) is 53.3. The van der Waals surface area contributed by atoms with Crippen molar-refractivity contribution in [3.63, 3.8) is 0 Å². The highest BCUT2D eigenvalue weighted by atomic mass is 31.2. The summed E-state index contributed by atoms with van der Waals surface area (Å²) < 4.78 is 67.9. The monoisotopic (exact) mass is 1230 g/mol. The third-order valence-electron chi connectivity index (χ3n) is 14.8. The summed E-state index contributed by atoms with van der Waals surface area (Å²) >= 11 is 0. The maximum Gasteiger partial charge on any atom is 0.472 e. The number of carbonyl (C=O) groups is 4. The first-order valence-electron chi connectivity index (χ1n) is 33.6. The molecule has 492 valence electrons. The van der Waals surface area contributed by atoms with E-state index in [4.69, 9.17) is 37.0 Å². The van der Waals surface area contributed by atoms with Gasteiger partial charge in [-0.15, -0.1) is 0 Å². The molecule has 17 nitrogen and oxygen atoms in total. The van der Waals surface area contributed by atoms with Crippen molar-refractivity contribution >= 4 is 39.5 Å². The molecule has 5 atom stereocenters. The second kappa shape index (κ2) is 57.8. The Bertz CT molecular complexity index is 1620. The fourth-order valence-electron chi connectivity index (χ4n) is 9.58. The average Bonchev–Trinajstić information content (AvgIpc) is 3.47. The van der Waals surface area contributed by atoms with Crippen LogP contribution in [0.5, 0.6) is 0 Å². The van der Waals surface area contributed by atoms with E-state index in [0.717, 1.165) is 109 Å². The number of unbranched alkanes of at least 4 members (excludes halogenated alkanes) is 36. The predicted octanol–water partition coefficient (Wildman–Crippen LogP) is 17.8. The minimum Gasteiger partial charge on any atom is -0.462 e. The molecule has 2 unspecified atom stereocenters. The second-order valence-corrected chi connectivity index (χ2v) is 26.5. The number of rotatable bonds is 64. The van der Waals surface area contributed by atoms with Crippen molar-refractivity contribution in [1.82, 2.24) is 0 Å². The molecule has 0 heterocycles. The SMILES string of the molecule is CCCCCCCCCCCCC(=O)OC[C@H](COP(=O)(O)OC[C@@H](O)COP(=O)(O)OC[C@@H](COC(=O)CCCCCCCCCC)OC(=O)CCCCCCCCCC)OC(=O)CCCCCCCCCCCCCCCCC(C)C. The summed E-state index contributed by atoms with van der Waals surface area (Å²) in [6, 6.07) is 0. The van der Waals surface area contributed by atoms with Gasteiger partial charge in [-0.05, 0) is 31.6 Å². The van der Waals surface area contributed by atoms with E-state index in [0.29, 0.717) is 25.7 Å². The van der Waals surface area contributed by atoms with Crippen LogP contribution in [0.1, 0.15) is 324 Å². The van der Waals surface area contributed by atoms with Gasteiger partial charge < -0.3 is 33.8 Å². The number of aliphatic hydroxyl groups excluding tert-OH is 1. The number of hydrogen-bond donors (Lipinski definition) is 3. The molecule has 0 saturated heterocycles. The third-order valence-corrected chi connectivity index (χ3v) is 16.7. The van der Waals surface area contributed by atoms with Crippen LogP contribution in [0.25, 0.3) is 0 Å². The van der Waals surface area contributed by atoms with Crippen molar-refractivity contribution in [2.24, 2.45) is 5.92 Å². The molecule has 0 aromatic rings. The first kappa shape index (κ1) is 81.1. The summed E-state index contributed by atoms with van der Waals surface area (Å²) in [5, 5.41) is 10.5. The van der Waals surface area contributed by atoms with E-state index in [1.165, 1.54) is 135 Å². The van der Waals surface area contributed by atoms with Gasteiger partial charge in [0.15, 0.2) is 12.2 Å². The molecular weight excluding hydrogens is 1100 g/mol. The topological polar surface area (TPSA) is 237 Å². The lowest BCUT2D eigenvalue weighted by Crippen LogP contribution is -2.30. The van der Waals surface area contributed by atoms with Gasteiger partial charge in [-0.25, -0.2) is 9.13 Å². The largest absolute Gasteiger partial charge is 0.472 e. The van der Waals surface area contributed by atoms with Crippen LogP contribution in [-0.2, 0) is 65.4 Å². The van der Waals surface area contributed by atoms with Crippen LogP contribution in [0.3, 0.4) is 0 Å². The minimum absolute atomic E-state index is 0.105. The van der Waals surface area contributed by atoms with Crippen molar-refractivity contribution in [2.45, 2.75) is 342 Å². The number of phosphoric acid groups is 2. The maximum atomic E-state index is 13.0. The molecule has 0 aliphatic heterocycles. The van der Waals surface area contributed by atoms with Crippen molar-refractivity contribution in [3.8, 4) is 0 Å².